The number of aryl methyl sites for hydroxylation is 2. The number of fused-ring (bicyclic) bond motifs is 1. The van der Waals surface area contributed by atoms with Gasteiger partial charge < -0.3 is 10.1 Å². The Balaban J connectivity index is 1.33. The minimum atomic E-state index is -0.369. The maximum absolute atomic E-state index is 13.4. The zero-order valence-corrected chi connectivity index (χ0v) is 19.4. The molecule has 1 unspecified atom stereocenters. The van der Waals surface area contributed by atoms with Gasteiger partial charge in [0.05, 0.1) is 29.5 Å². The van der Waals surface area contributed by atoms with Gasteiger partial charge in [-0.15, -0.1) is 0 Å². The van der Waals surface area contributed by atoms with Gasteiger partial charge in [0, 0.05) is 18.2 Å². The molecule has 5 nitrogen and oxygen atoms in total. The number of nitrogens with one attached hydrogen (secondary N) is 1. The van der Waals surface area contributed by atoms with Gasteiger partial charge in [-0.05, 0) is 36.6 Å². The van der Waals surface area contributed by atoms with Gasteiger partial charge >= 0.3 is 0 Å². The summed E-state index contributed by atoms with van der Waals surface area (Å²) in [5, 5.41) is 3.14. The Labute approximate surface area is 199 Å². The number of aromatic nitrogens is 2. The fourth-order valence-electron chi connectivity index (χ4n) is 4.53. The van der Waals surface area contributed by atoms with E-state index in [0.29, 0.717) is 6.54 Å². The molecular formula is C29H27N3O2. The van der Waals surface area contributed by atoms with Crippen molar-refractivity contribution in [1.82, 2.24) is 15.3 Å². The standard InChI is InChI=1S/C29H27N3O2/c1-19-17-30-20(2)27(32-19)25-15-9-14-23-16-24(34-28(23)25)18-31-29(33)26(21-10-5-3-6-11-21)22-12-7-4-8-13-22/h3-15,17,24,26H,16,18H2,1-2H3,(H,31,33). The second-order valence-corrected chi connectivity index (χ2v) is 8.68. The Morgan fingerprint density at radius 3 is 2.32 bits per heavy atom. The first kappa shape index (κ1) is 21.8. The fraction of sp³-hybridized carbons (Fsp3) is 0.207. The number of hydrogen-bond donors (Lipinski definition) is 1. The molecule has 5 rings (SSSR count). The first-order chi connectivity index (χ1) is 16.6. The number of benzene rings is 3. The number of amides is 1. The van der Waals surface area contributed by atoms with Crippen molar-refractivity contribution in [3.8, 4) is 17.0 Å². The van der Waals surface area contributed by atoms with Gasteiger partial charge in [0.15, 0.2) is 0 Å². The maximum Gasteiger partial charge on any atom is 0.232 e. The van der Waals surface area contributed by atoms with Crippen LogP contribution in [0.4, 0.5) is 0 Å². The van der Waals surface area contributed by atoms with E-state index >= 15 is 0 Å². The summed E-state index contributed by atoms with van der Waals surface area (Å²) in [6.07, 6.45) is 2.38. The summed E-state index contributed by atoms with van der Waals surface area (Å²) in [6, 6.07) is 25.9. The van der Waals surface area contributed by atoms with E-state index in [2.05, 4.69) is 16.4 Å². The Kier molecular flexibility index (Phi) is 6.09. The van der Waals surface area contributed by atoms with Gasteiger partial charge in [-0.25, -0.2) is 4.98 Å². The quantitative estimate of drug-likeness (QED) is 0.449. The van der Waals surface area contributed by atoms with E-state index in [0.717, 1.165) is 51.5 Å². The van der Waals surface area contributed by atoms with Crippen molar-refractivity contribution in [2.45, 2.75) is 32.3 Å². The monoisotopic (exact) mass is 449 g/mol. The van der Waals surface area contributed by atoms with Crippen LogP contribution in [-0.4, -0.2) is 28.5 Å². The van der Waals surface area contributed by atoms with Crippen molar-refractivity contribution < 1.29 is 9.53 Å². The summed E-state index contributed by atoms with van der Waals surface area (Å²) < 4.78 is 6.35. The molecule has 0 aliphatic carbocycles. The Bertz CT molecular complexity index is 1270. The Morgan fingerprint density at radius 2 is 1.65 bits per heavy atom. The predicted molar refractivity (Wildman–Crippen MR) is 133 cm³/mol. The van der Waals surface area contributed by atoms with Gasteiger partial charge in [-0.1, -0.05) is 72.8 Å². The molecule has 170 valence electrons. The van der Waals surface area contributed by atoms with Gasteiger partial charge in [-0.3, -0.25) is 9.78 Å². The number of rotatable bonds is 6. The van der Waals surface area contributed by atoms with Crippen molar-refractivity contribution in [3.05, 3.63) is 113 Å². The SMILES string of the molecule is Cc1cnc(C)c(-c2cccc3c2OC(CNC(=O)C(c2ccccc2)c2ccccc2)C3)n1. The summed E-state index contributed by atoms with van der Waals surface area (Å²) in [6.45, 7) is 4.33. The number of carbonyl (C=O) groups excluding carboxylic acids is 1. The van der Waals surface area contributed by atoms with Crippen molar-refractivity contribution in [2.24, 2.45) is 0 Å². The summed E-state index contributed by atoms with van der Waals surface area (Å²) in [7, 11) is 0. The van der Waals surface area contributed by atoms with Gasteiger partial charge in [0.2, 0.25) is 5.91 Å². The van der Waals surface area contributed by atoms with Crippen LogP contribution >= 0.6 is 0 Å². The minimum Gasteiger partial charge on any atom is -0.487 e. The normalized spacial score (nSPS) is 14.5. The van der Waals surface area contributed by atoms with E-state index in [1.54, 1.807) is 6.20 Å². The van der Waals surface area contributed by atoms with Crippen molar-refractivity contribution in [3.63, 3.8) is 0 Å². The molecule has 34 heavy (non-hydrogen) atoms. The van der Waals surface area contributed by atoms with Crippen LogP contribution in [-0.2, 0) is 11.2 Å². The van der Waals surface area contributed by atoms with E-state index in [4.69, 9.17) is 9.72 Å². The molecule has 1 aromatic heterocycles. The van der Waals surface area contributed by atoms with E-state index in [-0.39, 0.29) is 17.9 Å². The zero-order chi connectivity index (χ0) is 23.5. The van der Waals surface area contributed by atoms with E-state index in [1.807, 2.05) is 86.6 Å². The summed E-state index contributed by atoms with van der Waals surface area (Å²) in [4.78, 5) is 22.5. The third-order valence-electron chi connectivity index (χ3n) is 6.19. The molecule has 0 saturated carbocycles. The number of para-hydroxylation sites is 1. The van der Waals surface area contributed by atoms with Crippen LogP contribution in [0, 0.1) is 13.8 Å². The fourth-order valence-corrected chi connectivity index (χ4v) is 4.53. The Hall–Kier alpha value is -3.99. The second kappa shape index (κ2) is 9.48. The smallest absolute Gasteiger partial charge is 0.232 e. The molecule has 0 spiro atoms. The van der Waals surface area contributed by atoms with Gasteiger partial charge in [0.25, 0.3) is 0 Å². The lowest BCUT2D eigenvalue weighted by atomic mass is 9.90. The van der Waals surface area contributed by atoms with Crippen molar-refractivity contribution >= 4 is 5.91 Å². The highest BCUT2D eigenvalue weighted by Gasteiger charge is 2.29. The Morgan fingerprint density at radius 1 is 0.971 bits per heavy atom. The lowest BCUT2D eigenvalue weighted by Crippen LogP contribution is -2.37. The number of hydrogen-bond acceptors (Lipinski definition) is 4. The molecular weight excluding hydrogens is 422 g/mol. The first-order valence-corrected chi connectivity index (χ1v) is 11.6. The molecule has 4 aromatic rings. The molecule has 0 radical (unpaired) electrons. The molecule has 1 atom stereocenters. The highest BCUT2D eigenvalue weighted by molar-refractivity contribution is 5.87. The van der Waals surface area contributed by atoms with Gasteiger partial charge in [-0.2, -0.15) is 0 Å². The summed E-state index contributed by atoms with van der Waals surface area (Å²) >= 11 is 0. The number of carbonyl (C=O) groups is 1. The highest BCUT2D eigenvalue weighted by Crippen LogP contribution is 2.39. The van der Waals surface area contributed by atoms with Gasteiger partial charge in [0.1, 0.15) is 11.9 Å². The van der Waals surface area contributed by atoms with E-state index in [1.165, 1.54) is 0 Å². The molecule has 2 heterocycles. The van der Waals surface area contributed by atoms with Crippen molar-refractivity contribution in [1.29, 1.82) is 0 Å². The number of nitrogens with zero attached hydrogens (tertiary/aromatic N) is 2. The van der Waals surface area contributed by atoms with Crippen LogP contribution in [0.25, 0.3) is 11.3 Å². The average Bonchev–Trinajstić information content (AvgIpc) is 3.29. The van der Waals surface area contributed by atoms with E-state index < -0.39 is 0 Å². The molecule has 3 aromatic carbocycles. The average molecular weight is 450 g/mol. The van der Waals surface area contributed by atoms with Crippen LogP contribution in [0.5, 0.6) is 5.75 Å². The lowest BCUT2D eigenvalue weighted by molar-refractivity contribution is -0.122. The minimum absolute atomic E-state index is 0.0300. The number of ether oxygens (including phenoxy) is 1. The third kappa shape index (κ3) is 4.42. The van der Waals surface area contributed by atoms with Crippen LogP contribution in [0.3, 0.4) is 0 Å². The van der Waals surface area contributed by atoms with Crippen LogP contribution in [0.15, 0.2) is 85.1 Å². The maximum atomic E-state index is 13.4. The molecule has 1 N–H and O–H groups in total. The van der Waals surface area contributed by atoms with Crippen molar-refractivity contribution in [2.75, 3.05) is 6.54 Å². The molecule has 1 amide bonds. The molecule has 1 aliphatic heterocycles. The van der Waals surface area contributed by atoms with Crippen LogP contribution in [0.2, 0.25) is 0 Å². The summed E-state index contributed by atoms with van der Waals surface area (Å²) in [5.74, 6) is 0.442. The zero-order valence-electron chi connectivity index (χ0n) is 19.4. The molecule has 0 saturated heterocycles. The lowest BCUT2D eigenvalue weighted by Gasteiger charge is -2.20. The first-order valence-electron chi connectivity index (χ1n) is 11.6. The predicted octanol–water partition coefficient (Wildman–Crippen LogP) is 5.01. The van der Waals surface area contributed by atoms with Crippen LogP contribution < -0.4 is 10.1 Å². The third-order valence-corrected chi connectivity index (χ3v) is 6.19. The topological polar surface area (TPSA) is 64.1 Å². The molecule has 1 aliphatic rings. The highest BCUT2D eigenvalue weighted by atomic mass is 16.5. The molecule has 5 heteroatoms. The molecule has 0 fully saturated rings. The second-order valence-electron chi connectivity index (χ2n) is 8.68. The summed E-state index contributed by atoms with van der Waals surface area (Å²) in [5.41, 5.74) is 6.60. The van der Waals surface area contributed by atoms with Crippen LogP contribution in [0.1, 0.15) is 34.0 Å². The van der Waals surface area contributed by atoms with E-state index in [9.17, 15) is 4.79 Å². The molecule has 0 bridgehead atoms. The largest absolute Gasteiger partial charge is 0.487 e.